The van der Waals surface area contributed by atoms with Crippen LogP contribution in [0.2, 0.25) is 0 Å². The van der Waals surface area contributed by atoms with E-state index in [0.29, 0.717) is 0 Å². The molecule has 1 aliphatic rings. The first-order valence-electron chi connectivity index (χ1n) is 7.30. The van der Waals surface area contributed by atoms with E-state index in [4.69, 9.17) is 0 Å². The van der Waals surface area contributed by atoms with Gasteiger partial charge in [0.05, 0.1) is 0 Å². The van der Waals surface area contributed by atoms with Gasteiger partial charge in [-0.2, -0.15) is 0 Å². The third-order valence-corrected chi connectivity index (χ3v) is 4.47. The predicted octanol–water partition coefficient (Wildman–Crippen LogP) is 5.44. The van der Waals surface area contributed by atoms with Crippen LogP contribution in [-0.4, -0.2) is 0 Å². The second kappa shape index (κ2) is 7.14. The molecule has 1 aliphatic carbocycles. The van der Waals surface area contributed by atoms with Gasteiger partial charge in [-0.3, -0.25) is 0 Å². The van der Waals surface area contributed by atoms with E-state index in [-0.39, 0.29) is 0 Å². The van der Waals surface area contributed by atoms with Crippen molar-refractivity contribution in [1.82, 2.24) is 0 Å². The molecule has 94 valence electrons. The zero-order valence-electron chi connectivity index (χ0n) is 11.7. The Morgan fingerprint density at radius 3 is 2.50 bits per heavy atom. The van der Waals surface area contributed by atoms with Crippen LogP contribution in [0.15, 0.2) is 12.2 Å². The maximum absolute atomic E-state index is 2.45. The van der Waals surface area contributed by atoms with E-state index >= 15 is 0 Å². The summed E-state index contributed by atoms with van der Waals surface area (Å²) in [6.45, 7) is 9.57. The second-order valence-corrected chi connectivity index (χ2v) is 6.05. The fraction of sp³-hybridized carbons (Fsp3) is 0.875. The van der Waals surface area contributed by atoms with Crippen LogP contribution in [0.3, 0.4) is 0 Å². The molecule has 1 unspecified atom stereocenters. The fourth-order valence-electron chi connectivity index (χ4n) is 2.78. The van der Waals surface area contributed by atoms with Crippen molar-refractivity contribution in [1.29, 1.82) is 0 Å². The lowest BCUT2D eigenvalue weighted by molar-refractivity contribution is 0.269. The van der Waals surface area contributed by atoms with Crippen LogP contribution in [0.4, 0.5) is 0 Å². The molecule has 0 aromatic rings. The van der Waals surface area contributed by atoms with Crippen molar-refractivity contribution < 1.29 is 0 Å². The lowest BCUT2D eigenvalue weighted by Crippen LogP contribution is -2.14. The summed E-state index contributed by atoms with van der Waals surface area (Å²) in [6.07, 6.45) is 13.2. The molecule has 4 atom stereocenters. The summed E-state index contributed by atoms with van der Waals surface area (Å²) >= 11 is 0. The van der Waals surface area contributed by atoms with Crippen molar-refractivity contribution in [2.75, 3.05) is 0 Å². The van der Waals surface area contributed by atoms with Crippen molar-refractivity contribution >= 4 is 0 Å². The third kappa shape index (κ3) is 4.72. The second-order valence-electron chi connectivity index (χ2n) is 6.05. The molecule has 1 rings (SSSR count). The van der Waals surface area contributed by atoms with Gasteiger partial charge in [0, 0.05) is 0 Å². The quantitative estimate of drug-likeness (QED) is 0.546. The van der Waals surface area contributed by atoms with E-state index in [0.717, 1.165) is 23.7 Å². The zero-order chi connectivity index (χ0) is 12.0. The van der Waals surface area contributed by atoms with E-state index in [2.05, 4.69) is 39.8 Å². The third-order valence-electron chi connectivity index (χ3n) is 4.47. The molecule has 0 radical (unpaired) electrons. The fourth-order valence-corrected chi connectivity index (χ4v) is 2.78. The van der Waals surface area contributed by atoms with Gasteiger partial charge in [-0.05, 0) is 49.4 Å². The monoisotopic (exact) mass is 222 g/mol. The first kappa shape index (κ1) is 13.8. The normalized spacial score (nSPS) is 36.6. The minimum atomic E-state index is 0.789. The highest BCUT2D eigenvalue weighted by Crippen LogP contribution is 2.30. The molecule has 0 saturated heterocycles. The average molecular weight is 222 g/mol. The Labute approximate surface area is 103 Å². The van der Waals surface area contributed by atoms with E-state index in [1.54, 1.807) is 0 Å². The number of hydrogen-bond acceptors (Lipinski definition) is 0. The van der Waals surface area contributed by atoms with Gasteiger partial charge in [-0.15, -0.1) is 0 Å². The van der Waals surface area contributed by atoms with Gasteiger partial charge < -0.3 is 0 Å². The summed E-state index contributed by atoms with van der Waals surface area (Å²) < 4.78 is 0. The Kier molecular flexibility index (Phi) is 6.16. The van der Waals surface area contributed by atoms with Crippen LogP contribution in [0.5, 0.6) is 0 Å². The lowest BCUT2D eigenvalue weighted by Gasteiger charge is -2.26. The molecule has 0 aliphatic heterocycles. The summed E-state index contributed by atoms with van der Waals surface area (Å²) in [6, 6.07) is 0. The SMILES string of the molecule is CCC(C)[C@H]1CC[C@@H](C)C/C=C/[C@@H](C)CC1. The Morgan fingerprint density at radius 1 is 1.12 bits per heavy atom. The van der Waals surface area contributed by atoms with Gasteiger partial charge in [0.2, 0.25) is 0 Å². The first-order valence-corrected chi connectivity index (χ1v) is 7.30. The predicted molar refractivity (Wildman–Crippen MR) is 73.5 cm³/mol. The maximum atomic E-state index is 2.45. The van der Waals surface area contributed by atoms with E-state index in [9.17, 15) is 0 Å². The standard InChI is InChI=1S/C16H30/c1-5-15(4)16-11-9-13(2)7-6-8-14(3)10-12-16/h6-7,13-16H,5,8-12H2,1-4H3/b7-6+/t13-,14+,15?,16-/m1/s1. The van der Waals surface area contributed by atoms with Crippen LogP contribution in [0.1, 0.15) is 66.2 Å². The van der Waals surface area contributed by atoms with Crippen LogP contribution in [-0.2, 0) is 0 Å². The van der Waals surface area contributed by atoms with E-state index in [1.165, 1.54) is 38.5 Å². The minimum Gasteiger partial charge on any atom is -0.0880 e. The summed E-state index contributed by atoms with van der Waals surface area (Å²) in [7, 11) is 0. The largest absolute Gasteiger partial charge is 0.0880 e. The highest BCUT2D eigenvalue weighted by Gasteiger charge is 2.18. The summed E-state index contributed by atoms with van der Waals surface area (Å²) in [5.41, 5.74) is 0. The molecule has 0 bridgehead atoms. The first-order chi connectivity index (χ1) is 7.63. The highest BCUT2D eigenvalue weighted by atomic mass is 14.2. The van der Waals surface area contributed by atoms with E-state index < -0.39 is 0 Å². The topological polar surface area (TPSA) is 0 Å². The van der Waals surface area contributed by atoms with Gasteiger partial charge in [-0.25, -0.2) is 0 Å². The van der Waals surface area contributed by atoms with Gasteiger partial charge >= 0.3 is 0 Å². The molecule has 0 aromatic carbocycles. The molecule has 0 nitrogen and oxygen atoms in total. The Hall–Kier alpha value is -0.260. The molecule has 0 heterocycles. The lowest BCUT2D eigenvalue weighted by atomic mass is 9.80. The van der Waals surface area contributed by atoms with Crippen molar-refractivity contribution in [2.45, 2.75) is 66.2 Å². The van der Waals surface area contributed by atoms with Crippen molar-refractivity contribution in [3.63, 3.8) is 0 Å². The van der Waals surface area contributed by atoms with Gasteiger partial charge in [0.25, 0.3) is 0 Å². The molecular weight excluding hydrogens is 192 g/mol. The molecule has 0 amide bonds. The molecule has 0 saturated carbocycles. The zero-order valence-corrected chi connectivity index (χ0v) is 11.7. The Bertz CT molecular complexity index is 204. The van der Waals surface area contributed by atoms with Crippen molar-refractivity contribution in [3.05, 3.63) is 12.2 Å². The minimum absolute atomic E-state index is 0.789. The van der Waals surface area contributed by atoms with Gasteiger partial charge in [0.15, 0.2) is 0 Å². The van der Waals surface area contributed by atoms with Crippen molar-refractivity contribution in [2.24, 2.45) is 23.7 Å². The Morgan fingerprint density at radius 2 is 1.81 bits per heavy atom. The van der Waals surface area contributed by atoms with E-state index in [1.807, 2.05) is 0 Å². The molecule has 0 aromatic heterocycles. The number of rotatable bonds is 2. The molecule has 16 heavy (non-hydrogen) atoms. The summed E-state index contributed by atoms with van der Waals surface area (Å²) in [5, 5.41) is 0. The van der Waals surface area contributed by atoms with Crippen LogP contribution >= 0.6 is 0 Å². The van der Waals surface area contributed by atoms with Gasteiger partial charge in [-0.1, -0.05) is 52.7 Å². The molecule has 0 fully saturated rings. The van der Waals surface area contributed by atoms with Crippen molar-refractivity contribution in [3.8, 4) is 0 Å². The van der Waals surface area contributed by atoms with Crippen LogP contribution in [0, 0.1) is 23.7 Å². The molecule has 0 heteroatoms. The highest BCUT2D eigenvalue weighted by molar-refractivity contribution is 4.89. The van der Waals surface area contributed by atoms with Crippen LogP contribution < -0.4 is 0 Å². The Balaban J connectivity index is 2.56. The molecule has 0 N–H and O–H groups in total. The number of allylic oxidation sites excluding steroid dienone is 2. The van der Waals surface area contributed by atoms with Crippen LogP contribution in [0.25, 0.3) is 0 Å². The smallest absolute Gasteiger partial charge is 0.0262 e. The number of hydrogen-bond donors (Lipinski definition) is 0. The average Bonchev–Trinajstić information content (AvgIpc) is 2.28. The van der Waals surface area contributed by atoms with Gasteiger partial charge in [0.1, 0.15) is 0 Å². The summed E-state index contributed by atoms with van der Waals surface area (Å²) in [5.74, 6) is 3.56. The summed E-state index contributed by atoms with van der Waals surface area (Å²) in [4.78, 5) is 0. The molecule has 0 spiro atoms. The maximum Gasteiger partial charge on any atom is -0.0262 e. The molecular formula is C16H30.